The molecule has 19 heavy (non-hydrogen) atoms. The molecule has 10 nitrogen and oxygen atoms in total. The number of carboxylic acid groups (broad SMARTS) is 1. The van der Waals surface area contributed by atoms with Gasteiger partial charge in [-0.2, -0.15) is 4.68 Å². The van der Waals surface area contributed by atoms with Gasteiger partial charge >= 0.3 is 11.8 Å². The molecule has 0 aliphatic carbocycles. The summed E-state index contributed by atoms with van der Waals surface area (Å²) in [4.78, 5) is 31.3. The van der Waals surface area contributed by atoms with E-state index in [0.717, 1.165) is 10.7 Å². The molecular weight excluding hydrogens is 260 g/mol. The molecule has 1 rings (SSSR count). The molecule has 0 fully saturated rings. The first-order valence-electron chi connectivity index (χ1n) is 5.25. The highest BCUT2D eigenvalue weighted by Crippen LogP contribution is 2.04. The summed E-state index contributed by atoms with van der Waals surface area (Å²) in [5.74, 6) is -2.22. The van der Waals surface area contributed by atoms with E-state index >= 15 is 0 Å². The van der Waals surface area contributed by atoms with Crippen molar-refractivity contribution in [2.75, 3.05) is 6.54 Å². The average molecular weight is 272 g/mol. The SMILES string of the molecule is O=C(Cn1ccc([N+](=O)[O-])n1)NCC[C@H](O)C(=O)O. The normalized spacial score (nSPS) is 11.8. The van der Waals surface area contributed by atoms with E-state index in [0.29, 0.717) is 0 Å². The highest BCUT2D eigenvalue weighted by atomic mass is 16.6. The van der Waals surface area contributed by atoms with Crippen LogP contribution in [0.4, 0.5) is 5.82 Å². The van der Waals surface area contributed by atoms with Gasteiger partial charge < -0.3 is 25.6 Å². The Morgan fingerprint density at radius 3 is 2.79 bits per heavy atom. The predicted molar refractivity (Wildman–Crippen MR) is 60.2 cm³/mol. The molecule has 1 aromatic rings. The number of carbonyl (C=O) groups excluding carboxylic acids is 1. The van der Waals surface area contributed by atoms with Crippen molar-refractivity contribution >= 4 is 17.7 Å². The molecule has 0 saturated heterocycles. The van der Waals surface area contributed by atoms with Crippen molar-refractivity contribution in [2.24, 2.45) is 0 Å². The predicted octanol–water partition coefficient (Wildman–Crippen LogP) is -1.26. The summed E-state index contributed by atoms with van der Waals surface area (Å²) in [6, 6.07) is 1.15. The number of carbonyl (C=O) groups is 2. The fraction of sp³-hybridized carbons (Fsp3) is 0.444. The van der Waals surface area contributed by atoms with Crippen molar-refractivity contribution in [3.63, 3.8) is 0 Å². The summed E-state index contributed by atoms with van der Waals surface area (Å²) in [6.45, 7) is -0.243. The molecule has 0 saturated carbocycles. The number of aliphatic hydroxyl groups is 1. The Morgan fingerprint density at radius 2 is 2.26 bits per heavy atom. The fourth-order valence-corrected chi connectivity index (χ4v) is 1.21. The van der Waals surface area contributed by atoms with Crippen LogP contribution in [-0.2, 0) is 16.1 Å². The van der Waals surface area contributed by atoms with Gasteiger partial charge in [0.15, 0.2) is 6.10 Å². The molecule has 3 N–H and O–H groups in total. The second-order valence-corrected chi connectivity index (χ2v) is 3.62. The van der Waals surface area contributed by atoms with E-state index in [9.17, 15) is 19.7 Å². The van der Waals surface area contributed by atoms with Gasteiger partial charge in [-0.25, -0.2) is 4.79 Å². The number of nitrogens with zero attached hydrogens (tertiary/aromatic N) is 3. The topological polar surface area (TPSA) is 148 Å². The maximum atomic E-state index is 11.4. The first kappa shape index (κ1) is 14.6. The lowest BCUT2D eigenvalue weighted by Crippen LogP contribution is -2.32. The monoisotopic (exact) mass is 272 g/mol. The average Bonchev–Trinajstić information content (AvgIpc) is 2.77. The molecule has 0 spiro atoms. The van der Waals surface area contributed by atoms with E-state index in [1.165, 1.54) is 6.20 Å². The zero-order chi connectivity index (χ0) is 14.4. The van der Waals surface area contributed by atoms with E-state index in [1.54, 1.807) is 0 Å². The molecule has 1 atom stereocenters. The number of rotatable bonds is 7. The van der Waals surface area contributed by atoms with Crippen LogP contribution in [0.5, 0.6) is 0 Å². The summed E-state index contributed by atoms with van der Waals surface area (Å²) >= 11 is 0. The smallest absolute Gasteiger partial charge is 0.389 e. The first-order chi connectivity index (χ1) is 8.90. The molecule has 10 heteroatoms. The summed E-state index contributed by atoms with van der Waals surface area (Å²) in [7, 11) is 0. The Bertz CT molecular complexity index is 485. The Kier molecular flexibility index (Phi) is 4.94. The van der Waals surface area contributed by atoms with Gasteiger partial charge in [-0.05, 0) is 4.92 Å². The molecule has 1 heterocycles. The van der Waals surface area contributed by atoms with Crippen LogP contribution in [0.3, 0.4) is 0 Å². The van der Waals surface area contributed by atoms with Crippen LogP contribution < -0.4 is 5.32 Å². The van der Waals surface area contributed by atoms with E-state index < -0.39 is 22.9 Å². The molecule has 0 aromatic carbocycles. The Morgan fingerprint density at radius 1 is 1.58 bits per heavy atom. The van der Waals surface area contributed by atoms with Gasteiger partial charge in [0.1, 0.15) is 6.54 Å². The lowest BCUT2D eigenvalue weighted by molar-refractivity contribution is -0.389. The second kappa shape index (κ2) is 6.44. The lowest BCUT2D eigenvalue weighted by Gasteiger charge is -2.06. The number of aromatic nitrogens is 2. The number of aliphatic hydroxyl groups excluding tert-OH is 1. The third-order valence-electron chi connectivity index (χ3n) is 2.14. The van der Waals surface area contributed by atoms with Gasteiger partial charge in [0.05, 0.1) is 17.4 Å². The van der Waals surface area contributed by atoms with Gasteiger partial charge in [-0.1, -0.05) is 0 Å². The van der Waals surface area contributed by atoms with Crippen LogP contribution in [0.25, 0.3) is 0 Å². The molecule has 0 radical (unpaired) electrons. The molecular formula is C9H12N4O6. The van der Waals surface area contributed by atoms with E-state index in [-0.39, 0.29) is 25.3 Å². The third kappa shape index (κ3) is 4.71. The molecule has 1 aromatic heterocycles. The molecule has 0 bridgehead atoms. The van der Waals surface area contributed by atoms with E-state index in [2.05, 4.69) is 10.4 Å². The van der Waals surface area contributed by atoms with Gasteiger partial charge in [0.25, 0.3) is 0 Å². The number of carboxylic acids is 1. The van der Waals surface area contributed by atoms with E-state index in [4.69, 9.17) is 10.2 Å². The quantitative estimate of drug-likeness (QED) is 0.414. The number of aliphatic carboxylic acids is 1. The van der Waals surface area contributed by atoms with Crippen LogP contribution in [0.2, 0.25) is 0 Å². The Labute approximate surface area is 106 Å². The molecule has 104 valence electrons. The van der Waals surface area contributed by atoms with Crippen molar-refractivity contribution in [3.8, 4) is 0 Å². The standard InChI is InChI=1S/C9H12N4O6/c14-6(9(16)17)1-3-10-8(15)5-12-4-2-7(11-12)13(18)19/h2,4,6,14H,1,3,5H2,(H,10,15)(H,16,17)/t6-/m0/s1. The van der Waals surface area contributed by atoms with Crippen LogP contribution >= 0.6 is 0 Å². The maximum absolute atomic E-state index is 11.4. The number of nitro groups is 1. The minimum Gasteiger partial charge on any atom is -0.479 e. The molecule has 0 aliphatic rings. The van der Waals surface area contributed by atoms with Crippen LogP contribution in [0.15, 0.2) is 12.3 Å². The zero-order valence-corrected chi connectivity index (χ0v) is 9.72. The number of amides is 1. The van der Waals surface area contributed by atoms with Crippen molar-refractivity contribution in [1.82, 2.24) is 15.1 Å². The minimum absolute atomic E-state index is 0.0182. The van der Waals surface area contributed by atoms with Crippen molar-refractivity contribution < 1.29 is 24.7 Å². The number of hydrogen-bond acceptors (Lipinski definition) is 6. The molecule has 1 amide bonds. The Hall–Kier alpha value is -2.49. The first-order valence-corrected chi connectivity index (χ1v) is 5.25. The highest BCUT2D eigenvalue weighted by molar-refractivity contribution is 5.76. The number of hydrogen-bond donors (Lipinski definition) is 3. The minimum atomic E-state index is -1.54. The van der Waals surface area contributed by atoms with E-state index in [1.807, 2.05) is 0 Å². The van der Waals surface area contributed by atoms with Crippen LogP contribution in [0, 0.1) is 10.1 Å². The largest absolute Gasteiger partial charge is 0.479 e. The Balaban J connectivity index is 2.34. The lowest BCUT2D eigenvalue weighted by atomic mass is 10.2. The van der Waals surface area contributed by atoms with Gasteiger partial charge in [-0.15, -0.1) is 0 Å². The van der Waals surface area contributed by atoms with Crippen molar-refractivity contribution in [3.05, 3.63) is 22.4 Å². The molecule has 0 unspecified atom stereocenters. The summed E-state index contributed by atoms with van der Waals surface area (Å²) in [6.07, 6.45) is -0.379. The van der Waals surface area contributed by atoms with Crippen LogP contribution in [-0.4, -0.2) is 49.4 Å². The van der Waals surface area contributed by atoms with Gasteiger partial charge in [-0.3, -0.25) is 4.79 Å². The summed E-state index contributed by atoms with van der Waals surface area (Å²) in [5, 5.41) is 33.6. The summed E-state index contributed by atoms with van der Waals surface area (Å²) < 4.78 is 1.08. The van der Waals surface area contributed by atoms with Crippen molar-refractivity contribution in [2.45, 2.75) is 19.1 Å². The van der Waals surface area contributed by atoms with Crippen molar-refractivity contribution in [1.29, 1.82) is 0 Å². The maximum Gasteiger partial charge on any atom is 0.389 e. The highest BCUT2D eigenvalue weighted by Gasteiger charge is 2.15. The second-order valence-electron chi connectivity index (χ2n) is 3.62. The third-order valence-corrected chi connectivity index (χ3v) is 2.14. The fourth-order valence-electron chi connectivity index (χ4n) is 1.21. The number of nitrogens with one attached hydrogen (secondary N) is 1. The summed E-state index contributed by atoms with van der Waals surface area (Å²) in [5.41, 5.74) is 0. The van der Waals surface area contributed by atoms with Gasteiger partial charge in [0, 0.05) is 13.0 Å². The van der Waals surface area contributed by atoms with Crippen LogP contribution in [0.1, 0.15) is 6.42 Å². The zero-order valence-electron chi connectivity index (χ0n) is 9.72. The molecule has 0 aliphatic heterocycles. The van der Waals surface area contributed by atoms with Gasteiger partial charge in [0.2, 0.25) is 5.91 Å².